The van der Waals surface area contributed by atoms with Crippen molar-refractivity contribution in [2.45, 2.75) is 6.54 Å². The molecule has 1 heterocycles. The highest BCUT2D eigenvalue weighted by Crippen LogP contribution is 2.08. The average Bonchev–Trinajstić information content (AvgIpc) is 2.66. The Kier molecular flexibility index (Phi) is 3.77. The Morgan fingerprint density at radius 1 is 1.71 bits per heavy atom. The van der Waals surface area contributed by atoms with E-state index in [1.54, 1.807) is 12.1 Å². The van der Waals surface area contributed by atoms with Crippen molar-refractivity contribution in [2.75, 3.05) is 13.7 Å². The van der Waals surface area contributed by atoms with Gasteiger partial charge in [0.2, 0.25) is 5.76 Å². The molecule has 1 rings (SSSR count). The average molecular weight is 193 g/mol. The van der Waals surface area contributed by atoms with Gasteiger partial charge in [-0.05, 0) is 12.1 Å². The summed E-state index contributed by atoms with van der Waals surface area (Å²) in [5, 5.41) is 2.94. The van der Waals surface area contributed by atoms with Crippen molar-refractivity contribution in [1.82, 2.24) is 5.32 Å². The van der Waals surface area contributed by atoms with Gasteiger partial charge in [-0.25, -0.2) is 4.79 Å². The Bertz CT molecular complexity index is 348. The van der Waals surface area contributed by atoms with Crippen molar-refractivity contribution in [1.29, 1.82) is 0 Å². The van der Waals surface area contributed by atoms with E-state index in [0.29, 0.717) is 18.8 Å². The lowest BCUT2D eigenvalue weighted by Gasteiger charge is -1.96. The Labute approximate surface area is 82.2 Å². The van der Waals surface area contributed by atoms with E-state index in [0.717, 1.165) is 0 Å². The normalized spacial score (nSPS) is 9.43. The van der Waals surface area contributed by atoms with E-state index in [1.807, 2.05) is 0 Å². The van der Waals surface area contributed by atoms with Gasteiger partial charge >= 0.3 is 5.97 Å². The Hall–Kier alpha value is -1.73. The molecule has 0 aliphatic heterocycles. The first-order valence-corrected chi connectivity index (χ1v) is 4.09. The Morgan fingerprint density at radius 3 is 3.14 bits per heavy atom. The minimum atomic E-state index is -0.479. The molecule has 0 saturated carbocycles. The molecule has 4 heteroatoms. The van der Waals surface area contributed by atoms with Crippen LogP contribution in [0.15, 0.2) is 16.5 Å². The molecule has 74 valence electrons. The standard InChI is InChI=1S/C10H11NO3/c1-3-6-11-7-8-4-5-9(14-8)10(12)13-2/h1,4-5,11H,6-7H2,2H3. The maximum atomic E-state index is 11.0. The lowest BCUT2D eigenvalue weighted by molar-refractivity contribution is 0.0563. The molecule has 0 radical (unpaired) electrons. The van der Waals surface area contributed by atoms with Gasteiger partial charge in [-0.2, -0.15) is 0 Å². The SMILES string of the molecule is C#CCNCc1ccc(C(=O)OC)o1. The number of ether oxygens (including phenoxy) is 1. The van der Waals surface area contributed by atoms with Crippen LogP contribution in [0, 0.1) is 12.3 Å². The van der Waals surface area contributed by atoms with Crippen molar-refractivity contribution < 1.29 is 13.9 Å². The highest BCUT2D eigenvalue weighted by molar-refractivity contribution is 5.86. The summed E-state index contributed by atoms with van der Waals surface area (Å²) in [7, 11) is 1.31. The van der Waals surface area contributed by atoms with Crippen LogP contribution in [0.4, 0.5) is 0 Å². The van der Waals surface area contributed by atoms with Gasteiger partial charge < -0.3 is 9.15 Å². The maximum absolute atomic E-state index is 11.0. The molecule has 1 aromatic heterocycles. The van der Waals surface area contributed by atoms with Gasteiger partial charge in [0.15, 0.2) is 0 Å². The van der Waals surface area contributed by atoms with Gasteiger partial charge in [-0.3, -0.25) is 5.32 Å². The number of hydrogen-bond acceptors (Lipinski definition) is 4. The fourth-order valence-electron chi connectivity index (χ4n) is 0.941. The van der Waals surface area contributed by atoms with E-state index in [2.05, 4.69) is 16.0 Å². The topological polar surface area (TPSA) is 51.5 Å². The van der Waals surface area contributed by atoms with E-state index >= 15 is 0 Å². The second-order valence-corrected chi connectivity index (χ2v) is 2.57. The van der Waals surface area contributed by atoms with Crippen LogP contribution in [0.5, 0.6) is 0 Å². The van der Waals surface area contributed by atoms with Crippen LogP contribution in [0.3, 0.4) is 0 Å². The predicted molar refractivity (Wildman–Crippen MR) is 50.6 cm³/mol. The number of nitrogens with one attached hydrogen (secondary N) is 1. The van der Waals surface area contributed by atoms with E-state index in [9.17, 15) is 4.79 Å². The number of furan rings is 1. The van der Waals surface area contributed by atoms with E-state index in [4.69, 9.17) is 10.8 Å². The Morgan fingerprint density at radius 2 is 2.50 bits per heavy atom. The summed E-state index contributed by atoms with van der Waals surface area (Å²) in [6.07, 6.45) is 5.05. The van der Waals surface area contributed by atoms with Gasteiger partial charge in [0, 0.05) is 0 Å². The fraction of sp³-hybridized carbons (Fsp3) is 0.300. The molecule has 0 aliphatic carbocycles. The van der Waals surface area contributed by atoms with Crippen LogP contribution in [0.2, 0.25) is 0 Å². The first kappa shape index (κ1) is 10.4. The summed E-state index contributed by atoms with van der Waals surface area (Å²) in [4.78, 5) is 11.0. The molecular formula is C10H11NO3. The maximum Gasteiger partial charge on any atom is 0.373 e. The molecule has 0 atom stereocenters. The summed E-state index contributed by atoms with van der Waals surface area (Å²) < 4.78 is 9.67. The quantitative estimate of drug-likeness (QED) is 0.436. The second kappa shape index (κ2) is 5.10. The molecule has 1 aromatic rings. The zero-order valence-corrected chi connectivity index (χ0v) is 7.87. The van der Waals surface area contributed by atoms with Gasteiger partial charge in [0.05, 0.1) is 20.2 Å². The van der Waals surface area contributed by atoms with E-state index < -0.39 is 5.97 Å². The van der Waals surface area contributed by atoms with Gasteiger partial charge in [-0.1, -0.05) is 5.92 Å². The summed E-state index contributed by atoms with van der Waals surface area (Å²) in [6, 6.07) is 3.27. The van der Waals surface area contributed by atoms with Crippen LogP contribution < -0.4 is 5.32 Å². The number of carbonyl (C=O) groups excluding carboxylic acids is 1. The molecule has 1 N–H and O–H groups in total. The van der Waals surface area contributed by atoms with Gasteiger partial charge in [0.1, 0.15) is 5.76 Å². The second-order valence-electron chi connectivity index (χ2n) is 2.57. The zero-order chi connectivity index (χ0) is 10.4. The number of terminal acetylenes is 1. The minimum Gasteiger partial charge on any atom is -0.463 e. The molecule has 0 spiro atoms. The number of carbonyl (C=O) groups is 1. The summed E-state index contributed by atoms with van der Waals surface area (Å²) in [6.45, 7) is 0.968. The molecule has 0 fully saturated rings. The van der Waals surface area contributed by atoms with Crippen molar-refractivity contribution >= 4 is 5.97 Å². The lowest BCUT2D eigenvalue weighted by Crippen LogP contribution is -2.12. The third-order valence-electron chi connectivity index (χ3n) is 1.57. The van der Waals surface area contributed by atoms with Crippen LogP contribution in [-0.4, -0.2) is 19.6 Å². The lowest BCUT2D eigenvalue weighted by atomic mass is 10.4. The van der Waals surface area contributed by atoms with Crippen LogP contribution in [0.25, 0.3) is 0 Å². The van der Waals surface area contributed by atoms with E-state index in [1.165, 1.54) is 7.11 Å². The predicted octanol–water partition coefficient (Wildman–Crippen LogP) is 0.789. The molecule has 4 nitrogen and oxygen atoms in total. The van der Waals surface area contributed by atoms with Crippen LogP contribution >= 0.6 is 0 Å². The molecule has 14 heavy (non-hydrogen) atoms. The third-order valence-corrected chi connectivity index (χ3v) is 1.57. The first-order valence-electron chi connectivity index (χ1n) is 4.09. The number of methoxy groups -OCH3 is 1. The monoisotopic (exact) mass is 193 g/mol. The minimum absolute atomic E-state index is 0.199. The number of rotatable bonds is 4. The third kappa shape index (κ3) is 2.64. The summed E-state index contributed by atoms with van der Waals surface area (Å²) in [5.41, 5.74) is 0. The van der Waals surface area contributed by atoms with Crippen molar-refractivity contribution in [3.05, 3.63) is 23.7 Å². The largest absolute Gasteiger partial charge is 0.463 e. The molecule has 0 bridgehead atoms. The van der Waals surface area contributed by atoms with Crippen molar-refractivity contribution in [2.24, 2.45) is 0 Å². The molecule has 0 saturated heterocycles. The summed E-state index contributed by atoms with van der Waals surface area (Å²) in [5.74, 6) is 2.81. The van der Waals surface area contributed by atoms with Crippen LogP contribution in [-0.2, 0) is 11.3 Å². The molecule has 0 aromatic carbocycles. The number of esters is 1. The Balaban J connectivity index is 2.51. The molecule has 0 unspecified atom stereocenters. The smallest absolute Gasteiger partial charge is 0.373 e. The highest BCUT2D eigenvalue weighted by atomic mass is 16.5. The van der Waals surface area contributed by atoms with Crippen LogP contribution in [0.1, 0.15) is 16.3 Å². The van der Waals surface area contributed by atoms with Crippen molar-refractivity contribution in [3.8, 4) is 12.3 Å². The van der Waals surface area contributed by atoms with Gasteiger partial charge in [-0.15, -0.1) is 6.42 Å². The molecular weight excluding hydrogens is 182 g/mol. The highest BCUT2D eigenvalue weighted by Gasteiger charge is 2.10. The molecule has 0 aliphatic rings. The first-order chi connectivity index (χ1) is 6.77. The van der Waals surface area contributed by atoms with Crippen molar-refractivity contribution in [3.63, 3.8) is 0 Å². The number of hydrogen-bond donors (Lipinski definition) is 1. The summed E-state index contributed by atoms with van der Waals surface area (Å²) >= 11 is 0. The fourth-order valence-corrected chi connectivity index (χ4v) is 0.941. The van der Waals surface area contributed by atoms with E-state index in [-0.39, 0.29) is 5.76 Å². The van der Waals surface area contributed by atoms with Gasteiger partial charge in [0.25, 0.3) is 0 Å². The zero-order valence-electron chi connectivity index (χ0n) is 7.87. The molecule has 0 amide bonds.